The Labute approximate surface area is 115 Å². The highest BCUT2D eigenvalue weighted by atomic mass is 79.9. The highest BCUT2D eigenvalue weighted by Gasteiger charge is 2.20. The van der Waals surface area contributed by atoms with Crippen molar-refractivity contribution < 1.29 is 4.79 Å². The monoisotopic (exact) mass is 313 g/mol. The highest BCUT2D eigenvalue weighted by Crippen LogP contribution is 2.22. The van der Waals surface area contributed by atoms with E-state index in [-0.39, 0.29) is 11.8 Å². The maximum absolute atomic E-state index is 11.9. The maximum Gasteiger partial charge on any atom is 0.223 e. The first kappa shape index (κ1) is 13.0. The van der Waals surface area contributed by atoms with E-state index in [1.807, 2.05) is 36.0 Å². The van der Waals surface area contributed by atoms with Gasteiger partial charge in [-0.2, -0.15) is 11.8 Å². The van der Waals surface area contributed by atoms with Gasteiger partial charge in [0.05, 0.1) is 0 Å². The van der Waals surface area contributed by atoms with Crippen LogP contribution < -0.4 is 5.32 Å². The summed E-state index contributed by atoms with van der Waals surface area (Å²) in [6.07, 6.45) is 2.05. The fourth-order valence-corrected chi connectivity index (χ4v) is 3.49. The summed E-state index contributed by atoms with van der Waals surface area (Å²) in [5, 5.41) is 3.03. The Morgan fingerprint density at radius 2 is 2.18 bits per heavy atom. The quantitative estimate of drug-likeness (QED) is 0.928. The van der Waals surface area contributed by atoms with Crippen LogP contribution in [-0.2, 0) is 11.3 Å². The molecule has 1 aliphatic rings. The standard InChI is InChI=1S/C13H16BrNOS/c14-12-3-1-2-10(8-12)9-15-13(16)11-4-6-17-7-5-11/h1-3,8,11H,4-7,9H2,(H,15,16). The lowest BCUT2D eigenvalue weighted by molar-refractivity contribution is -0.125. The van der Waals surface area contributed by atoms with Crippen LogP contribution >= 0.6 is 27.7 Å². The van der Waals surface area contributed by atoms with Crippen molar-refractivity contribution in [1.29, 1.82) is 0 Å². The molecule has 1 aliphatic heterocycles. The summed E-state index contributed by atoms with van der Waals surface area (Å²) >= 11 is 5.38. The molecule has 1 aromatic rings. The zero-order chi connectivity index (χ0) is 12.1. The van der Waals surface area contributed by atoms with Gasteiger partial charge >= 0.3 is 0 Å². The molecule has 0 atom stereocenters. The molecule has 1 amide bonds. The molecule has 0 saturated carbocycles. The Bertz CT molecular complexity index is 391. The first-order valence-corrected chi connectivity index (χ1v) is 7.80. The SMILES string of the molecule is O=C(NCc1cccc(Br)c1)C1CCSCC1. The van der Waals surface area contributed by atoms with Crippen molar-refractivity contribution in [3.05, 3.63) is 34.3 Å². The van der Waals surface area contributed by atoms with Crippen molar-refractivity contribution >= 4 is 33.6 Å². The molecule has 1 N–H and O–H groups in total. The average Bonchev–Trinajstić information content (AvgIpc) is 2.37. The largest absolute Gasteiger partial charge is 0.352 e. The zero-order valence-corrected chi connectivity index (χ0v) is 12.0. The lowest BCUT2D eigenvalue weighted by atomic mass is 10.0. The molecule has 0 aliphatic carbocycles. The smallest absolute Gasteiger partial charge is 0.223 e. The van der Waals surface area contributed by atoms with Gasteiger partial charge in [-0.25, -0.2) is 0 Å². The summed E-state index contributed by atoms with van der Waals surface area (Å²) in [5.41, 5.74) is 1.14. The minimum atomic E-state index is 0.213. The first-order valence-electron chi connectivity index (χ1n) is 5.85. The van der Waals surface area contributed by atoms with Crippen molar-refractivity contribution in [1.82, 2.24) is 5.32 Å². The van der Waals surface area contributed by atoms with Gasteiger partial charge in [-0.1, -0.05) is 28.1 Å². The number of thioether (sulfide) groups is 1. The molecule has 92 valence electrons. The predicted octanol–water partition coefficient (Wildman–Crippen LogP) is 3.21. The van der Waals surface area contributed by atoms with E-state index >= 15 is 0 Å². The van der Waals surface area contributed by atoms with Gasteiger partial charge in [-0.15, -0.1) is 0 Å². The molecule has 0 bridgehead atoms. The van der Waals surface area contributed by atoms with Crippen LogP contribution in [0.2, 0.25) is 0 Å². The molecule has 17 heavy (non-hydrogen) atoms. The van der Waals surface area contributed by atoms with E-state index in [4.69, 9.17) is 0 Å². The Hall–Kier alpha value is -0.480. The summed E-state index contributed by atoms with van der Waals surface area (Å²) in [7, 11) is 0. The Balaban J connectivity index is 1.83. The molecule has 1 heterocycles. The lowest BCUT2D eigenvalue weighted by Crippen LogP contribution is -2.32. The summed E-state index contributed by atoms with van der Waals surface area (Å²) in [5.74, 6) is 2.68. The lowest BCUT2D eigenvalue weighted by Gasteiger charge is -2.20. The van der Waals surface area contributed by atoms with E-state index in [0.717, 1.165) is 34.4 Å². The van der Waals surface area contributed by atoms with Crippen LogP contribution in [0, 0.1) is 5.92 Å². The zero-order valence-electron chi connectivity index (χ0n) is 9.62. The van der Waals surface area contributed by atoms with Crippen LogP contribution in [0.5, 0.6) is 0 Å². The van der Waals surface area contributed by atoms with Gasteiger partial charge in [0, 0.05) is 16.9 Å². The van der Waals surface area contributed by atoms with Crippen LogP contribution in [0.1, 0.15) is 18.4 Å². The van der Waals surface area contributed by atoms with Gasteiger partial charge in [0.15, 0.2) is 0 Å². The van der Waals surface area contributed by atoms with Gasteiger partial charge in [0.2, 0.25) is 5.91 Å². The second-order valence-corrected chi connectivity index (χ2v) is 6.37. The number of halogens is 1. The van der Waals surface area contributed by atoms with E-state index in [0.29, 0.717) is 6.54 Å². The molecule has 4 heteroatoms. The van der Waals surface area contributed by atoms with Gasteiger partial charge < -0.3 is 5.32 Å². The van der Waals surface area contributed by atoms with Crippen LogP contribution in [-0.4, -0.2) is 17.4 Å². The van der Waals surface area contributed by atoms with Crippen molar-refractivity contribution in [3.63, 3.8) is 0 Å². The molecule has 2 rings (SSSR count). The number of amides is 1. The summed E-state index contributed by atoms with van der Waals surface area (Å²) < 4.78 is 1.05. The van der Waals surface area contributed by atoms with Crippen molar-refractivity contribution in [3.8, 4) is 0 Å². The molecular formula is C13H16BrNOS. The van der Waals surface area contributed by atoms with Gasteiger partial charge in [-0.3, -0.25) is 4.79 Å². The molecule has 0 unspecified atom stereocenters. The third-order valence-electron chi connectivity index (χ3n) is 2.95. The fourth-order valence-electron chi connectivity index (χ4n) is 1.94. The number of hydrogen-bond acceptors (Lipinski definition) is 2. The minimum absolute atomic E-state index is 0.213. The molecule has 0 radical (unpaired) electrons. The minimum Gasteiger partial charge on any atom is -0.352 e. The Kier molecular flexibility index (Phi) is 4.92. The van der Waals surface area contributed by atoms with Crippen molar-refractivity contribution in [2.45, 2.75) is 19.4 Å². The van der Waals surface area contributed by atoms with E-state index in [9.17, 15) is 4.79 Å². The molecule has 1 saturated heterocycles. The summed E-state index contributed by atoms with van der Waals surface area (Å²) in [6.45, 7) is 0.627. The van der Waals surface area contributed by atoms with E-state index < -0.39 is 0 Å². The summed E-state index contributed by atoms with van der Waals surface area (Å²) in [4.78, 5) is 11.9. The molecule has 1 fully saturated rings. The topological polar surface area (TPSA) is 29.1 Å². The first-order chi connectivity index (χ1) is 8.25. The maximum atomic E-state index is 11.9. The normalized spacial score (nSPS) is 16.8. The average molecular weight is 314 g/mol. The molecule has 0 spiro atoms. The number of carbonyl (C=O) groups is 1. The van der Waals surface area contributed by atoms with Gasteiger partial charge in [0.1, 0.15) is 0 Å². The van der Waals surface area contributed by atoms with E-state index in [1.54, 1.807) is 0 Å². The van der Waals surface area contributed by atoms with Gasteiger partial charge in [0.25, 0.3) is 0 Å². The number of carbonyl (C=O) groups excluding carboxylic acids is 1. The van der Waals surface area contributed by atoms with Crippen molar-refractivity contribution in [2.24, 2.45) is 5.92 Å². The second-order valence-electron chi connectivity index (χ2n) is 4.23. The third kappa shape index (κ3) is 4.03. The predicted molar refractivity (Wildman–Crippen MR) is 76.0 cm³/mol. The number of benzene rings is 1. The Morgan fingerprint density at radius 1 is 1.41 bits per heavy atom. The number of rotatable bonds is 3. The molecule has 2 nitrogen and oxygen atoms in total. The summed E-state index contributed by atoms with van der Waals surface area (Å²) in [6, 6.07) is 8.05. The molecule has 1 aromatic carbocycles. The van der Waals surface area contributed by atoms with Gasteiger partial charge in [-0.05, 0) is 42.0 Å². The Morgan fingerprint density at radius 3 is 2.88 bits per heavy atom. The second kappa shape index (κ2) is 6.45. The van der Waals surface area contributed by atoms with E-state index in [2.05, 4.69) is 21.2 Å². The number of nitrogens with one attached hydrogen (secondary N) is 1. The van der Waals surface area contributed by atoms with Crippen molar-refractivity contribution in [2.75, 3.05) is 11.5 Å². The van der Waals surface area contributed by atoms with Crippen LogP contribution in [0.25, 0.3) is 0 Å². The van der Waals surface area contributed by atoms with Crippen LogP contribution in [0.3, 0.4) is 0 Å². The van der Waals surface area contributed by atoms with E-state index in [1.165, 1.54) is 0 Å². The molecular weight excluding hydrogens is 298 g/mol. The van der Waals surface area contributed by atoms with Crippen LogP contribution in [0.4, 0.5) is 0 Å². The molecule has 0 aromatic heterocycles. The third-order valence-corrected chi connectivity index (χ3v) is 4.49. The highest BCUT2D eigenvalue weighted by molar-refractivity contribution is 9.10. The fraction of sp³-hybridized carbons (Fsp3) is 0.462. The number of hydrogen-bond donors (Lipinski definition) is 1. The van der Waals surface area contributed by atoms with Crippen LogP contribution in [0.15, 0.2) is 28.7 Å².